The van der Waals surface area contributed by atoms with Crippen molar-refractivity contribution < 1.29 is 9.53 Å². The lowest BCUT2D eigenvalue weighted by Crippen LogP contribution is -2.46. The van der Waals surface area contributed by atoms with Gasteiger partial charge < -0.3 is 10.1 Å². The minimum absolute atomic E-state index is 0.0150. The summed E-state index contributed by atoms with van der Waals surface area (Å²) in [5.41, 5.74) is 0.0809. The van der Waals surface area contributed by atoms with E-state index in [4.69, 9.17) is 4.74 Å². The third-order valence-corrected chi connectivity index (χ3v) is 2.81. The summed E-state index contributed by atoms with van der Waals surface area (Å²) < 4.78 is 5.04. The molecule has 0 saturated carbocycles. The van der Waals surface area contributed by atoms with Gasteiger partial charge in [0.2, 0.25) is 0 Å². The van der Waals surface area contributed by atoms with E-state index < -0.39 is 0 Å². The van der Waals surface area contributed by atoms with Crippen molar-refractivity contribution in [2.75, 3.05) is 19.7 Å². The zero-order chi connectivity index (χ0) is 9.90. The van der Waals surface area contributed by atoms with Crippen LogP contribution in [-0.2, 0) is 9.53 Å². The molecular formula is C10H19NO2. The second-order valence-electron chi connectivity index (χ2n) is 4.25. The summed E-state index contributed by atoms with van der Waals surface area (Å²) in [4.78, 5) is 11.6. The third-order valence-electron chi connectivity index (χ3n) is 2.81. The Morgan fingerprint density at radius 2 is 2.31 bits per heavy atom. The van der Waals surface area contributed by atoms with Gasteiger partial charge in [0.25, 0.3) is 0 Å². The fraction of sp³-hybridized carbons (Fsp3) is 0.900. The number of carbonyl (C=O) groups is 1. The highest BCUT2D eigenvalue weighted by Gasteiger charge is 2.37. The van der Waals surface area contributed by atoms with Crippen LogP contribution >= 0.6 is 0 Å². The zero-order valence-corrected chi connectivity index (χ0v) is 8.72. The third kappa shape index (κ3) is 2.44. The van der Waals surface area contributed by atoms with E-state index in [0.717, 1.165) is 19.5 Å². The molecule has 3 heteroatoms. The zero-order valence-electron chi connectivity index (χ0n) is 8.72. The first-order valence-corrected chi connectivity index (χ1v) is 4.95. The summed E-state index contributed by atoms with van der Waals surface area (Å²) in [5, 5.41) is 3.23. The molecule has 1 rings (SSSR count). The number of esters is 1. The number of rotatable bonds is 2. The molecule has 0 aromatic heterocycles. The minimum atomic E-state index is -0.0558. The highest BCUT2D eigenvalue weighted by molar-refractivity contribution is 5.73. The Labute approximate surface area is 79.8 Å². The predicted octanol–water partition coefficient (Wildman–Crippen LogP) is 1.19. The minimum Gasteiger partial charge on any atom is -0.466 e. The van der Waals surface area contributed by atoms with E-state index in [1.54, 1.807) is 0 Å². The van der Waals surface area contributed by atoms with Crippen molar-refractivity contribution >= 4 is 5.97 Å². The summed E-state index contributed by atoms with van der Waals surface area (Å²) in [6.45, 7) is 8.35. The van der Waals surface area contributed by atoms with Crippen LogP contribution in [0.5, 0.6) is 0 Å². The first-order chi connectivity index (χ1) is 6.08. The van der Waals surface area contributed by atoms with Crippen molar-refractivity contribution in [3.8, 4) is 0 Å². The van der Waals surface area contributed by atoms with Gasteiger partial charge in [-0.25, -0.2) is 0 Å². The molecule has 0 aromatic rings. The standard InChI is InChI=1S/C10H19NO2/c1-4-13-9(12)8-7-11-6-5-10(8,2)3/h8,11H,4-7H2,1-3H3. The summed E-state index contributed by atoms with van der Waals surface area (Å²) in [5.74, 6) is -0.0408. The molecule has 3 nitrogen and oxygen atoms in total. The van der Waals surface area contributed by atoms with Gasteiger partial charge in [-0.3, -0.25) is 4.79 Å². The fourth-order valence-corrected chi connectivity index (χ4v) is 1.75. The molecule has 1 unspecified atom stereocenters. The van der Waals surface area contributed by atoms with E-state index in [1.807, 2.05) is 6.92 Å². The molecule has 1 heterocycles. The van der Waals surface area contributed by atoms with Crippen molar-refractivity contribution in [2.45, 2.75) is 27.2 Å². The van der Waals surface area contributed by atoms with Gasteiger partial charge in [0.05, 0.1) is 12.5 Å². The van der Waals surface area contributed by atoms with Gasteiger partial charge in [0.1, 0.15) is 0 Å². The quantitative estimate of drug-likeness (QED) is 0.657. The van der Waals surface area contributed by atoms with Crippen molar-refractivity contribution in [1.29, 1.82) is 0 Å². The van der Waals surface area contributed by atoms with E-state index in [-0.39, 0.29) is 17.3 Å². The highest BCUT2D eigenvalue weighted by atomic mass is 16.5. The number of hydrogen-bond acceptors (Lipinski definition) is 3. The lowest BCUT2D eigenvalue weighted by molar-refractivity contribution is -0.153. The van der Waals surface area contributed by atoms with Crippen LogP contribution in [0.2, 0.25) is 0 Å². The molecular weight excluding hydrogens is 166 g/mol. The molecule has 1 aliphatic rings. The number of hydrogen-bond donors (Lipinski definition) is 1. The average Bonchev–Trinajstić information content (AvgIpc) is 2.03. The first kappa shape index (κ1) is 10.5. The molecule has 0 spiro atoms. The second kappa shape index (κ2) is 4.09. The second-order valence-corrected chi connectivity index (χ2v) is 4.25. The van der Waals surface area contributed by atoms with E-state index in [9.17, 15) is 4.79 Å². The van der Waals surface area contributed by atoms with Crippen molar-refractivity contribution in [1.82, 2.24) is 5.32 Å². The smallest absolute Gasteiger partial charge is 0.310 e. The summed E-state index contributed by atoms with van der Waals surface area (Å²) in [7, 11) is 0. The van der Waals surface area contributed by atoms with E-state index in [2.05, 4.69) is 19.2 Å². The van der Waals surface area contributed by atoms with Gasteiger partial charge in [-0.1, -0.05) is 13.8 Å². The van der Waals surface area contributed by atoms with Crippen molar-refractivity contribution in [2.24, 2.45) is 11.3 Å². The maximum absolute atomic E-state index is 11.6. The normalized spacial score (nSPS) is 26.8. The molecule has 1 atom stereocenters. The van der Waals surface area contributed by atoms with Gasteiger partial charge in [-0.2, -0.15) is 0 Å². The van der Waals surface area contributed by atoms with Crippen LogP contribution in [-0.4, -0.2) is 25.7 Å². The van der Waals surface area contributed by atoms with E-state index in [1.165, 1.54) is 0 Å². The maximum atomic E-state index is 11.6. The topological polar surface area (TPSA) is 38.3 Å². The highest BCUT2D eigenvalue weighted by Crippen LogP contribution is 2.33. The Morgan fingerprint density at radius 3 is 2.85 bits per heavy atom. The molecule has 0 aliphatic carbocycles. The maximum Gasteiger partial charge on any atom is 0.310 e. The molecule has 0 aromatic carbocycles. The Bertz CT molecular complexity index is 189. The van der Waals surface area contributed by atoms with Crippen LogP contribution < -0.4 is 5.32 Å². The molecule has 0 radical (unpaired) electrons. The van der Waals surface area contributed by atoms with Crippen LogP contribution in [0.25, 0.3) is 0 Å². The lowest BCUT2D eigenvalue weighted by atomic mass is 9.74. The van der Waals surface area contributed by atoms with Crippen molar-refractivity contribution in [3.63, 3.8) is 0 Å². The van der Waals surface area contributed by atoms with Crippen LogP contribution in [0, 0.1) is 11.3 Å². The van der Waals surface area contributed by atoms with Crippen LogP contribution in [0.3, 0.4) is 0 Å². The predicted molar refractivity (Wildman–Crippen MR) is 51.4 cm³/mol. The molecule has 1 N–H and O–H groups in total. The molecule has 76 valence electrons. The number of piperidine rings is 1. The lowest BCUT2D eigenvalue weighted by Gasteiger charge is -2.37. The fourth-order valence-electron chi connectivity index (χ4n) is 1.75. The Morgan fingerprint density at radius 1 is 1.62 bits per heavy atom. The Balaban J connectivity index is 2.59. The largest absolute Gasteiger partial charge is 0.466 e. The summed E-state index contributed by atoms with van der Waals surface area (Å²) in [6, 6.07) is 0. The summed E-state index contributed by atoms with van der Waals surface area (Å²) >= 11 is 0. The molecule has 1 fully saturated rings. The average molecular weight is 185 g/mol. The Kier molecular flexibility index (Phi) is 3.31. The number of nitrogens with one attached hydrogen (secondary N) is 1. The van der Waals surface area contributed by atoms with E-state index in [0.29, 0.717) is 6.61 Å². The molecule has 13 heavy (non-hydrogen) atoms. The SMILES string of the molecule is CCOC(=O)C1CNCCC1(C)C. The Hall–Kier alpha value is -0.570. The summed E-state index contributed by atoms with van der Waals surface area (Å²) in [6.07, 6.45) is 1.04. The van der Waals surface area contributed by atoms with Gasteiger partial charge in [0.15, 0.2) is 0 Å². The van der Waals surface area contributed by atoms with Crippen LogP contribution in [0.15, 0.2) is 0 Å². The van der Waals surface area contributed by atoms with Gasteiger partial charge >= 0.3 is 5.97 Å². The number of carbonyl (C=O) groups excluding carboxylic acids is 1. The molecule has 0 bridgehead atoms. The molecule has 0 amide bonds. The van der Waals surface area contributed by atoms with Gasteiger partial charge in [-0.15, -0.1) is 0 Å². The van der Waals surface area contributed by atoms with Gasteiger partial charge in [0, 0.05) is 6.54 Å². The number of ether oxygens (including phenoxy) is 1. The van der Waals surface area contributed by atoms with Gasteiger partial charge in [-0.05, 0) is 25.3 Å². The van der Waals surface area contributed by atoms with Crippen molar-refractivity contribution in [3.05, 3.63) is 0 Å². The molecule has 1 aliphatic heterocycles. The van der Waals surface area contributed by atoms with Crippen LogP contribution in [0.1, 0.15) is 27.2 Å². The molecule has 1 saturated heterocycles. The van der Waals surface area contributed by atoms with Crippen LogP contribution in [0.4, 0.5) is 0 Å². The monoisotopic (exact) mass is 185 g/mol. The first-order valence-electron chi connectivity index (χ1n) is 4.95. The van der Waals surface area contributed by atoms with E-state index >= 15 is 0 Å².